The Morgan fingerprint density at radius 3 is 2.33 bits per heavy atom. The molecule has 2 rings (SSSR count). The van der Waals surface area contributed by atoms with Crippen LogP contribution in [-0.4, -0.2) is 32.2 Å². The van der Waals surface area contributed by atoms with Gasteiger partial charge in [-0.15, -0.1) is 0 Å². The number of benzene rings is 2. The second-order valence-electron chi connectivity index (χ2n) is 5.59. The molecule has 0 saturated heterocycles. The number of nitrogens with zero attached hydrogens (tertiary/aromatic N) is 1. The van der Waals surface area contributed by atoms with Gasteiger partial charge in [0.25, 0.3) is 0 Å². The second kappa shape index (κ2) is 7.11. The molecule has 2 aromatic carbocycles. The molecular formula is C17H19FN2O3S. The predicted octanol–water partition coefficient (Wildman–Crippen LogP) is 2.70. The summed E-state index contributed by atoms with van der Waals surface area (Å²) in [6, 6.07) is 10.7. The summed E-state index contributed by atoms with van der Waals surface area (Å²) < 4.78 is 39.3. The molecule has 0 aliphatic rings. The first-order valence-electron chi connectivity index (χ1n) is 7.29. The molecule has 0 spiro atoms. The Kier molecular flexibility index (Phi) is 5.36. The van der Waals surface area contributed by atoms with E-state index in [9.17, 15) is 17.6 Å². The highest BCUT2D eigenvalue weighted by Gasteiger charge is 2.22. The minimum absolute atomic E-state index is 0.116. The summed E-state index contributed by atoms with van der Waals surface area (Å²) in [5.41, 5.74) is 1.69. The summed E-state index contributed by atoms with van der Waals surface area (Å²) in [6.07, 6.45) is 0. The summed E-state index contributed by atoms with van der Waals surface area (Å²) in [5, 5.41) is 2.49. The molecule has 0 atom stereocenters. The van der Waals surface area contributed by atoms with E-state index in [4.69, 9.17) is 0 Å². The van der Waals surface area contributed by atoms with Crippen LogP contribution >= 0.6 is 0 Å². The van der Waals surface area contributed by atoms with Crippen molar-refractivity contribution in [3.63, 3.8) is 0 Å². The quantitative estimate of drug-likeness (QED) is 0.902. The zero-order valence-electron chi connectivity index (χ0n) is 13.7. The number of likely N-dealkylation sites (N-methyl/N-ethyl adjacent to an activating group) is 1. The van der Waals surface area contributed by atoms with Gasteiger partial charge in [0, 0.05) is 12.7 Å². The maximum Gasteiger partial charge on any atom is 0.243 e. The molecule has 0 aliphatic carbocycles. The molecule has 7 heteroatoms. The molecule has 128 valence electrons. The van der Waals surface area contributed by atoms with Gasteiger partial charge in [-0.05, 0) is 43.7 Å². The average molecular weight is 350 g/mol. The van der Waals surface area contributed by atoms with Gasteiger partial charge < -0.3 is 5.32 Å². The summed E-state index contributed by atoms with van der Waals surface area (Å²) in [4.78, 5) is 12.1. The van der Waals surface area contributed by atoms with Crippen molar-refractivity contribution >= 4 is 21.6 Å². The van der Waals surface area contributed by atoms with Gasteiger partial charge in [-0.1, -0.05) is 23.8 Å². The third-order valence-electron chi connectivity index (χ3n) is 3.55. The van der Waals surface area contributed by atoms with Gasteiger partial charge in [0.15, 0.2) is 0 Å². The molecule has 0 saturated carbocycles. The number of hydrogen-bond donors (Lipinski definition) is 1. The van der Waals surface area contributed by atoms with Crippen LogP contribution in [0.25, 0.3) is 0 Å². The lowest BCUT2D eigenvalue weighted by Gasteiger charge is -2.17. The van der Waals surface area contributed by atoms with Crippen LogP contribution in [0.3, 0.4) is 0 Å². The number of carbonyl (C=O) groups excluding carboxylic acids is 1. The number of anilines is 1. The fourth-order valence-electron chi connectivity index (χ4n) is 2.05. The summed E-state index contributed by atoms with van der Waals surface area (Å²) in [6.45, 7) is 3.10. The Balaban J connectivity index is 2.07. The maximum absolute atomic E-state index is 13.5. The molecule has 2 aromatic rings. The molecule has 24 heavy (non-hydrogen) atoms. The zero-order chi connectivity index (χ0) is 17.9. The van der Waals surface area contributed by atoms with Gasteiger partial charge in [-0.25, -0.2) is 12.8 Å². The molecular weight excluding hydrogens is 331 g/mol. The van der Waals surface area contributed by atoms with Crippen LogP contribution in [0.15, 0.2) is 47.4 Å². The second-order valence-corrected chi connectivity index (χ2v) is 7.63. The fraction of sp³-hybridized carbons (Fsp3) is 0.235. The maximum atomic E-state index is 13.5. The molecule has 0 bridgehead atoms. The summed E-state index contributed by atoms with van der Waals surface area (Å²) in [7, 11) is -2.44. The molecule has 0 aliphatic heterocycles. The van der Waals surface area contributed by atoms with Crippen molar-refractivity contribution in [2.45, 2.75) is 18.7 Å². The molecule has 0 fully saturated rings. The molecule has 5 nitrogen and oxygen atoms in total. The van der Waals surface area contributed by atoms with Crippen LogP contribution in [0, 0.1) is 19.7 Å². The van der Waals surface area contributed by atoms with Crippen LogP contribution in [-0.2, 0) is 14.8 Å². The summed E-state index contributed by atoms with van der Waals surface area (Å²) >= 11 is 0. The van der Waals surface area contributed by atoms with E-state index >= 15 is 0 Å². The standard InChI is InChI=1S/C17H19FN2O3S/c1-12-4-8-15(9-5-12)24(22,23)20(3)11-17(21)19-14-7-6-13(2)16(18)10-14/h4-10H,11H2,1-3H3,(H,19,21). The minimum Gasteiger partial charge on any atom is -0.325 e. The molecule has 0 unspecified atom stereocenters. The van der Waals surface area contributed by atoms with E-state index in [-0.39, 0.29) is 17.1 Å². The van der Waals surface area contributed by atoms with E-state index < -0.39 is 21.7 Å². The molecule has 1 N–H and O–H groups in total. The van der Waals surface area contributed by atoms with E-state index in [2.05, 4.69) is 5.32 Å². The normalized spacial score (nSPS) is 11.5. The Labute approximate surface area is 141 Å². The first kappa shape index (κ1) is 18.1. The first-order chi connectivity index (χ1) is 11.2. The largest absolute Gasteiger partial charge is 0.325 e. The lowest BCUT2D eigenvalue weighted by atomic mass is 10.2. The van der Waals surface area contributed by atoms with Crippen LogP contribution in [0.2, 0.25) is 0 Å². The Hall–Kier alpha value is -2.25. The van der Waals surface area contributed by atoms with Crippen LogP contribution < -0.4 is 5.32 Å². The van der Waals surface area contributed by atoms with Crippen molar-refractivity contribution in [2.24, 2.45) is 0 Å². The minimum atomic E-state index is -3.76. The lowest BCUT2D eigenvalue weighted by Crippen LogP contribution is -2.35. The number of rotatable bonds is 5. The first-order valence-corrected chi connectivity index (χ1v) is 8.73. The average Bonchev–Trinajstić information content (AvgIpc) is 2.51. The van der Waals surface area contributed by atoms with Gasteiger partial charge in [-0.3, -0.25) is 4.79 Å². The lowest BCUT2D eigenvalue weighted by molar-refractivity contribution is -0.116. The van der Waals surface area contributed by atoms with Crippen molar-refractivity contribution in [1.82, 2.24) is 4.31 Å². The van der Waals surface area contributed by atoms with Crippen LogP contribution in [0.1, 0.15) is 11.1 Å². The highest BCUT2D eigenvalue weighted by molar-refractivity contribution is 7.89. The number of nitrogens with one attached hydrogen (secondary N) is 1. The third-order valence-corrected chi connectivity index (χ3v) is 5.37. The Morgan fingerprint density at radius 1 is 1.12 bits per heavy atom. The summed E-state index contributed by atoms with van der Waals surface area (Å²) in [5.74, 6) is -0.982. The van der Waals surface area contributed by atoms with Gasteiger partial charge >= 0.3 is 0 Å². The smallest absolute Gasteiger partial charge is 0.243 e. The number of carbonyl (C=O) groups is 1. The number of amides is 1. The Morgan fingerprint density at radius 2 is 1.75 bits per heavy atom. The van der Waals surface area contributed by atoms with E-state index in [1.807, 2.05) is 6.92 Å². The van der Waals surface area contributed by atoms with E-state index in [0.717, 1.165) is 9.87 Å². The van der Waals surface area contributed by atoms with Crippen LogP contribution in [0.4, 0.5) is 10.1 Å². The van der Waals surface area contributed by atoms with Gasteiger partial charge in [0.2, 0.25) is 15.9 Å². The number of sulfonamides is 1. The van der Waals surface area contributed by atoms with E-state index in [1.54, 1.807) is 25.1 Å². The van der Waals surface area contributed by atoms with Gasteiger partial charge in [0.1, 0.15) is 5.82 Å². The third kappa shape index (κ3) is 4.18. The van der Waals surface area contributed by atoms with Crippen molar-refractivity contribution in [2.75, 3.05) is 18.9 Å². The highest BCUT2D eigenvalue weighted by atomic mass is 32.2. The molecule has 0 heterocycles. The molecule has 0 radical (unpaired) electrons. The SMILES string of the molecule is Cc1ccc(S(=O)(=O)N(C)CC(=O)Nc2ccc(C)c(F)c2)cc1. The van der Waals surface area contributed by atoms with Gasteiger partial charge in [0.05, 0.1) is 11.4 Å². The monoisotopic (exact) mass is 350 g/mol. The van der Waals surface area contributed by atoms with E-state index in [0.29, 0.717) is 5.56 Å². The van der Waals surface area contributed by atoms with Crippen molar-refractivity contribution in [1.29, 1.82) is 0 Å². The highest BCUT2D eigenvalue weighted by Crippen LogP contribution is 2.16. The van der Waals surface area contributed by atoms with Crippen molar-refractivity contribution in [3.8, 4) is 0 Å². The zero-order valence-corrected chi connectivity index (χ0v) is 14.5. The van der Waals surface area contributed by atoms with Crippen LogP contribution in [0.5, 0.6) is 0 Å². The number of aryl methyl sites for hydroxylation is 2. The van der Waals surface area contributed by atoms with Crippen molar-refractivity contribution < 1.29 is 17.6 Å². The predicted molar refractivity (Wildman–Crippen MR) is 90.8 cm³/mol. The van der Waals surface area contributed by atoms with Crippen molar-refractivity contribution in [3.05, 3.63) is 59.4 Å². The number of hydrogen-bond acceptors (Lipinski definition) is 3. The number of halogens is 1. The molecule has 0 aromatic heterocycles. The van der Waals surface area contributed by atoms with E-state index in [1.165, 1.54) is 31.3 Å². The molecule has 1 amide bonds. The van der Waals surface area contributed by atoms with Gasteiger partial charge in [-0.2, -0.15) is 4.31 Å². The topological polar surface area (TPSA) is 66.5 Å². The fourth-order valence-corrected chi connectivity index (χ4v) is 3.18. The Bertz CT molecular complexity index is 849.